The third kappa shape index (κ3) is 3.66. The zero-order valence-electron chi connectivity index (χ0n) is 13.2. The van der Waals surface area contributed by atoms with Gasteiger partial charge in [0.2, 0.25) is 5.91 Å². The quantitative estimate of drug-likeness (QED) is 0.672. The highest BCUT2D eigenvalue weighted by Gasteiger charge is 2.08. The molecule has 0 aliphatic carbocycles. The van der Waals surface area contributed by atoms with Gasteiger partial charge in [0.25, 0.3) is 0 Å². The number of aryl methyl sites for hydroxylation is 1. The molecular weight excluding hydrogens is 304 g/mol. The molecule has 1 amide bonds. The van der Waals surface area contributed by atoms with Crippen molar-refractivity contribution in [3.8, 4) is 0 Å². The molecule has 3 aromatic rings. The van der Waals surface area contributed by atoms with E-state index in [9.17, 15) is 4.79 Å². The third-order valence-electron chi connectivity index (χ3n) is 3.70. The molecule has 1 aromatic heterocycles. The Hall–Kier alpha value is -2.46. The van der Waals surface area contributed by atoms with Crippen molar-refractivity contribution in [1.29, 1.82) is 0 Å². The Balaban J connectivity index is 1.74. The molecule has 23 heavy (non-hydrogen) atoms. The first-order valence-electron chi connectivity index (χ1n) is 7.45. The van der Waals surface area contributed by atoms with Crippen molar-refractivity contribution in [1.82, 2.24) is 9.88 Å². The van der Waals surface area contributed by atoms with Gasteiger partial charge in [-0.2, -0.15) is 0 Å². The topological polar surface area (TPSA) is 33.2 Å². The van der Waals surface area contributed by atoms with Crippen molar-refractivity contribution < 1.29 is 4.79 Å². The SMILES string of the molecule is Cc1nc(/C=C/C(=O)N(C)Cc2cccc3ccccc23)cs1. The van der Waals surface area contributed by atoms with Crippen LogP contribution in [0.2, 0.25) is 0 Å². The number of hydrogen-bond acceptors (Lipinski definition) is 3. The van der Waals surface area contributed by atoms with Crippen LogP contribution in [-0.4, -0.2) is 22.8 Å². The molecule has 0 saturated carbocycles. The second-order valence-electron chi connectivity index (χ2n) is 5.46. The lowest BCUT2D eigenvalue weighted by Crippen LogP contribution is -2.24. The van der Waals surface area contributed by atoms with Crippen LogP contribution in [0.25, 0.3) is 16.8 Å². The number of likely N-dealkylation sites (N-methyl/N-ethyl adjacent to an activating group) is 1. The zero-order valence-corrected chi connectivity index (χ0v) is 14.0. The van der Waals surface area contributed by atoms with E-state index in [1.54, 1.807) is 28.4 Å². The molecule has 116 valence electrons. The molecule has 0 radical (unpaired) electrons. The molecular formula is C19H18N2OS. The number of aromatic nitrogens is 1. The minimum Gasteiger partial charge on any atom is -0.338 e. The summed E-state index contributed by atoms with van der Waals surface area (Å²) in [6.45, 7) is 2.54. The summed E-state index contributed by atoms with van der Waals surface area (Å²) in [5, 5.41) is 5.33. The average molecular weight is 322 g/mol. The number of carbonyl (C=O) groups excluding carboxylic acids is 1. The van der Waals surface area contributed by atoms with Gasteiger partial charge in [-0.1, -0.05) is 42.5 Å². The number of nitrogens with zero attached hydrogens (tertiary/aromatic N) is 2. The van der Waals surface area contributed by atoms with Gasteiger partial charge < -0.3 is 4.90 Å². The molecule has 0 saturated heterocycles. The summed E-state index contributed by atoms with van der Waals surface area (Å²) in [5.41, 5.74) is 1.98. The molecule has 0 atom stereocenters. The number of thiazole rings is 1. The molecule has 2 aromatic carbocycles. The smallest absolute Gasteiger partial charge is 0.246 e. The minimum absolute atomic E-state index is 0.0245. The monoisotopic (exact) mass is 322 g/mol. The summed E-state index contributed by atoms with van der Waals surface area (Å²) in [6, 6.07) is 14.4. The predicted octanol–water partition coefficient (Wildman–Crippen LogP) is 4.28. The highest BCUT2D eigenvalue weighted by atomic mass is 32.1. The van der Waals surface area contributed by atoms with Crippen molar-refractivity contribution in [3.05, 3.63) is 70.2 Å². The maximum Gasteiger partial charge on any atom is 0.246 e. The Kier molecular flexibility index (Phi) is 4.53. The van der Waals surface area contributed by atoms with Gasteiger partial charge >= 0.3 is 0 Å². The molecule has 0 aliphatic rings. The zero-order chi connectivity index (χ0) is 16.2. The predicted molar refractivity (Wildman–Crippen MR) is 96.3 cm³/mol. The van der Waals surface area contributed by atoms with Gasteiger partial charge in [0.1, 0.15) is 0 Å². The first-order chi connectivity index (χ1) is 11.1. The van der Waals surface area contributed by atoms with Gasteiger partial charge in [-0.05, 0) is 29.3 Å². The Labute approximate surface area is 139 Å². The van der Waals surface area contributed by atoms with Crippen LogP contribution >= 0.6 is 11.3 Å². The average Bonchev–Trinajstić information content (AvgIpc) is 2.98. The van der Waals surface area contributed by atoms with E-state index in [4.69, 9.17) is 0 Å². The Bertz CT molecular complexity index is 861. The van der Waals surface area contributed by atoms with Crippen molar-refractivity contribution in [2.45, 2.75) is 13.5 Å². The summed E-state index contributed by atoms with van der Waals surface area (Å²) in [4.78, 5) is 18.3. The summed E-state index contributed by atoms with van der Waals surface area (Å²) >= 11 is 1.58. The van der Waals surface area contributed by atoms with Crippen LogP contribution in [0.5, 0.6) is 0 Å². The number of rotatable bonds is 4. The normalized spacial score (nSPS) is 11.2. The molecule has 0 unspecified atom stereocenters. The highest BCUT2D eigenvalue weighted by molar-refractivity contribution is 7.09. The van der Waals surface area contributed by atoms with Gasteiger partial charge in [0.05, 0.1) is 10.7 Å². The molecule has 0 bridgehead atoms. The van der Waals surface area contributed by atoms with Crippen molar-refractivity contribution in [3.63, 3.8) is 0 Å². The number of fused-ring (bicyclic) bond motifs is 1. The van der Waals surface area contributed by atoms with E-state index in [2.05, 4.69) is 29.2 Å². The van der Waals surface area contributed by atoms with E-state index in [-0.39, 0.29) is 5.91 Å². The Morgan fingerprint density at radius 3 is 2.78 bits per heavy atom. The lowest BCUT2D eigenvalue weighted by Gasteiger charge is -2.16. The summed E-state index contributed by atoms with van der Waals surface area (Å²) in [7, 11) is 1.82. The van der Waals surface area contributed by atoms with Crippen LogP contribution in [0, 0.1) is 6.92 Å². The van der Waals surface area contributed by atoms with Crippen molar-refractivity contribution in [2.75, 3.05) is 7.05 Å². The maximum absolute atomic E-state index is 12.3. The van der Waals surface area contributed by atoms with Crippen LogP contribution in [0.3, 0.4) is 0 Å². The maximum atomic E-state index is 12.3. The molecule has 0 N–H and O–H groups in total. The standard InChI is InChI=1S/C19H18N2OS/c1-14-20-17(13-23-14)10-11-19(22)21(2)12-16-8-5-7-15-6-3-4-9-18(15)16/h3-11,13H,12H2,1-2H3/b11-10+. The summed E-state index contributed by atoms with van der Waals surface area (Å²) < 4.78 is 0. The fourth-order valence-corrected chi connectivity index (χ4v) is 3.09. The van der Waals surface area contributed by atoms with Gasteiger partial charge in [-0.15, -0.1) is 11.3 Å². The molecule has 0 fully saturated rings. The summed E-state index contributed by atoms with van der Waals surface area (Å²) in [5.74, 6) is -0.0245. The van der Waals surface area contributed by atoms with Crippen LogP contribution in [0.1, 0.15) is 16.3 Å². The van der Waals surface area contributed by atoms with Gasteiger partial charge in [-0.3, -0.25) is 4.79 Å². The van der Waals surface area contributed by atoms with E-state index >= 15 is 0 Å². The van der Waals surface area contributed by atoms with Gasteiger partial charge in [0, 0.05) is 25.0 Å². The van der Waals surface area contributed by atoms with E-state index in [0.29, 0.717) is 6.54 Å². The van der Waals surface area contributed by atoms with E-state index < -0.39 is 0 Å². The molecule has 0 aliphatic heterocycles. The van der Waals surface area contributed by atoms with Crippen LogP contribution in [-0.2, 0) is 11.3 Å². The fourth-order valence-electron chi connectivity index (χ4n) is 2.50. The third-order valence-corrected chi connectivity index (χ3v) is 4.49. The van der Waals surface area contributed by atoms with Crippen LogP contribution < -0.4 is 0 Å². The summed E-state index contributed by atoms with van der Waals surface area (Å²) in [6.07, 6.45) is 3.35. The first kappa shape index (κ1) is 15.4. The van der Waals surface area contributed by atoms with E-state index in [1.165, 1.54) is 10.8 Å². The molecule has 3 nitrogen and oxygen atoms in total. The highest BCUT2D eigenvalue weighted by Crippen LogP contribution is 2.19. The molecule has 4 heteroatoms. The Morgan fingerprint density at radius 1 is 1.22 bits per heavy atom. The van der Waals surface area contributed by atoms with Crippen LogP contribution in [0.4, 0.5) is 0 Å². The lowest BCUT2D eigenvalue weighted by molar-refractivity contribution is -0.125. The van der Waals surface area contributed by atoms with E-state index in [0.717, 1.165) is 16.3 Å². The molecule has 0 spiro atoms. The Morgan fingerprint density at radius 2 is 2.00 bits per heavy atom. The number of benzene rings is 2. The fraction of sp³-hybridized carbons (Fsp3) is 0.158. The van der Waals surface area contributed by atoms with Crippen molar-refractivity contribution in [2.24, 2.45) is 0 Å². The molecule has 3 rings (SSSR count). The van der Waals surface area contributed by atoms with Crippen molar-refractivity contribution >= 4 is 34.1 Å². The van der Waals surface area contributed by atoms with Gasteiger partial charge in [0.15, 0.2) is 0 Å². The first-order valence-corrected chi connectivity index (χ1v) is 8.33. The number of hydrogen-bond donors (Lipinski definition) is 0. The largest absolute Gasteiger partial charge is 0.338 e. The second-order valence-corrected chi connectivity index (χ2v) is 6.52. The van der Waals surface area contributed by atoms with Gasteiger partial charge in [-0.25, -0.2) is 4.98 Å². The minimum atomic E-state index is -0.0245. The number of amides is 1. The van der Waals surface area contributed by atoms with Crippen LogP contribution in [0.15, 0.2) is 53.9 Å². The lowest BCUT2D eigenvalue weighted by atomic mass is 10.0. The number of carbonyl (C=O) groups is 1. The van der Waals surface area contributed by atoms with E-state index in [1.807, 2.05) is 37.6 Å². The molecule has 1 heterocycles. The second kappa shape index (κ2) is 6.75.